The van der Waals surface area contributed by atoms with E-state index in [1.165, 1.54) is 30.0 Å². The van der Waals surface area contributed by atoms with Gasteiger partial charge in [0.25, 0.3) is 0 Å². The number of hydrogen-bond donors (Lipinski definition) is 1. The van der Waals surface area contributed by atoms with E-state index in [1.807, 2.05) is 6.07 Å². The average Bonchev–Trinajstić information content (AvgIpc) is 2.47. The molecule has 0 spiro atoms. The summed E-state index contributed by atoms with van der Waals surface area (Å²) in [6.07, 6.45) is 4.44. The highest BCUT2D eigenvalue weighted by Gasteiger charge is 2.19. The lowest BCUT2D eigenvalue weighted by atomic mass is 9.89. The van der Waals surface area contributed by atoms with Gasteiger partial charge in [-0.15, -0.1) is 0 Å². The SMILES string of the molecule is CC(C)CNCc1c2c(nc3c(F)cccc13)CCCC2. The molecule has 2 aromatic rings. The van der Waals surface area contributed by atoms with Gasteiger partial charge in [-0.1, -0.05) is 26.0 Å². The Morgan fingerprint density at radius 1 is 1.24 bits per heavy atom. The highest BCUT2D eigenvalue weighted by Crippen LogP contribution is 2.30. The van der Waals surface area contributed by atoms with Gasteiger partial charge < -0.3 is 5.32 Å². The number of halogens is 1. The molecule has 0 unspecified atom stereocenters. The van der Waals surface area contributed by atoms with Crippen molar-refractivity contribution in [3.05, 3.63) is 40.8 Å². The van der Waals surface area contributed by atoms with E-state index < -0.39 is 0 Å². The van der Waals surface area contributed by atoms with E-state index >= 15 is 0 Å². The number of para-hydroxylation sites is 1. The van der Waals surface area contributed by atoms with E-state index in [0.717, 1.165) is 37.0 Å². The molecule has 0 fully saturated rings. The first-order chi connectivity index (χ1) is 10.2. The van der Waals surface area contributed by atoms with Crippen LogP contribution in [0.15, 0.2) is 18.2 Å². The van der Waals surface area contributed by atoms with Crippen molar-refractivity contribution in [2.45, 2.75) is 46.1 Å². The molecule has 21 heavy (non-hydrogen) atoms. The molecule has 112 valence electrons. The van der Waals surface area contributed by atoms with Crippen molar-refractivity contribution in [2.24, 2.45) is 5.92 Å². The summed E-state index contributed by atoms with van der Waals surface area (Å²) in [5.41, 5.74) is 4.27. The maximum Gasteiger partial charge on any atom is 0.149 e. The van der Waals surface area contributed by atoms with Gasteiger partial charge in [-0.2, -0.15) is 0 Å². The summed E-state index contributed by atoms with van der Waals surface area (Å²) < 4.78 is 14.1. The van der Waals surface area contributed by atoms with E-state index in [4.69, 9.17) is 0 Å². The van der Waals surface area contributed by atoms with Crippen molar-refractivity contribution in [1.29, 1.82) is 0 Å². The van der Waals surface area contributed by atoms with Gasteiger partial charge in [0.15, 0.2) is 0 Å². The summed E-state index contributed by atoms with van der Waals surface area (Å²) in [5, 5.41) is 4.49. The molecule has 0 radical (unpaired) electrons. The third kappa shape index (κ3) is 2.93. The minimum absolute atomic E-state index is 0.203. The molecule has 1 N–H and O–H groups in total. The Morgan fingerprint density at radius 3 is 2.86 bits per heavy atom. The fourth-order valence-electron chi connectivity index (χ4n) is 3.20. The first-order valence-corrected chi connectivity index (χ1v) is 7.96. The quantitative estimate of drug-likeness (QED) is 0.919. The van der Waals surface area contributed by atoms with E-state index in [-0.39, 0.29) is 5.82 Å². The predicted octanol–water partition coefficient (Wildman–Crippen LogP) is 4.00. The Kier molecular flexibility index (Phi) is 4.20. The molecule has 1 heterocycles. The van der Waals surface area contributed by atoms with Crippen LogP contribution >= 0.6 is 0 Å². The van der Waals surface area contributed by atoms with Gasteiger partial charge in [-0.25, -0.2) is 9.37 Å². The minimum atomic E-state index is -0.203. The minimum Gasteiger partial charge on any atom is -0.312 e. The lowest BCUT2D eigenvalue weighted by Crippen LogP contribution is -2.21. The van der Waals surface area contributed by atoms with Crippen molar-refractivity contribution in [3.8, 4) is 0 Å². The number of benzene rings is 1. The van der Waals surface area contributed by atoms with E-state index in [9.17, 15) is 4.39 Å². The number of nitrogens with one attached hydrogen (secondary N) is 1. The normalized spacial score (nSPS) is 14.7. The molecule has 2 nitrogen and oxygen atoms in total. The van der Waals surface area contributed by atoms with Gasteiger partial charge in [0.2, 0.25) is 0 Å². The Labute approximate surface area is 125 Å². The lowest BCUT2D eigenvalue weighted by Gasteiger charge is -2.21. The second kappa shape index (κ2) is 6.10. The zero-order chi connectivity index (χ0) is 14.8. The van der Waals surface area contributed by atoms with Crippen LogP contribution in [-0.4, -0.2) is 11.5 Å². The molecule has 1 aromatic heterocycles. The third-order valence-corrected chi connectivity index (χ3v) is 4.22. The smallest absolute Gasteiger partial charge is 0.149 e. The Morgan fingerprint density at radius 2 is 2.05 bits per heavy atom. The topological polar surface area (TPSA) is 24.9 Å². The van der Waals surface area contributed by atoms with Crippen LogP contribution in [-0.2, 0) is 19.4 Å². The van der Waals surface area contributed by atoms with Crippen LogP contribution in [0.1, 0.15) is 43.5 Å². The molecule has 0 saturated heterocycles. The number of pyridine rings is 1. The Hall–Kier alpha value is -1.48. The number of nitrogens with zero attached hydrogens (tertiary/aromatic N) is 1. The lowest BCUT2D eigenvalue weighted by molar-refractivity contribution is 0.549. The van der Waals surface area contributed by atoms with Gasteiger partial charge >= 0.3 is 0 Å². The van der Waals surface area contributed by atoms with Crippen LogP contribution in [0.3, 0.4) is 0 Å². The van der Waals surface area contributed by atoms with Crippen LogP contribution in [0.25, 0.3) is 10.9 Å². The maximum atomic E-state index is 14.1. The van der Waals surface area contributed by atoms with Crippen LogP contribution in [0, 0.1) is 11.7 Å². The summed E-state index contributed by atoms with van der Waals surface area (Å²) in [4.78, 5) is 4.62. The van der Waals surface area contributed by atoms with Crippen molar-refractivity contribution in [2.75, 3.05) is 6.54 Å². The second-order valence-electron chi connectivity index (χ2n) is 6.38. The maximum absolute atomic E-state index is 14.1. The van der Waals surface area contributed by atoms with Crippen molar-refractivity contribution in [1.82, 2.24) is 10.3 Å². The highest BCUT2D eigenvalue weighted by atomic mass is 19.1. The van der Waals surface area contributed by atoms with Crippen molar-refractivity contribution < 1.29 is 4.39 Å². The fourth-order valence-corrected chi connectivity index (χ4v) is 3.20. The molecule has 1 aliphatic carbocycles. The van der Waals surface area contributed by atoms with Crippen molar-refractivity contribution in [3.63, 3.8) is 0 Å². The molecule has 0 aliphatic heterocycles. The summed E-state index contributed by atoms with van der Waals surface area (Å²) in [5.74, 6) is 0.414. The van der Waals surface area contributed by atoms with E-state index in [1.54, 1.807) is 6.07 Å². The summed E-state index contributed by atoms with van der Waals surface area (Å²) in [7, 11) is 0. The first kappa shape index (κ1) is 14.5. The summed E-state index contributed by atoms with van der Waals surface area (Å²) >= 11 is 0. The molecule has 1 aliphatic rings. The number of hydrogen-bond acceptors (Lipinski definition) is 2. The van der Waals surface area contributed by atoms with E-state index in [2.05, 4.69) is 24.1 Å². The van der Waals surface area contributed by atoms with Gasteiger partial charge in [-0.05, 0) is 55.3 Å². The average molecular weight is 286 g/mol. The van der Waals surface area contributed by atoms with Gasteiger partial charge in [0, 0.05) is 17.6 Å². The molecule has 0 saturated carbocycles. The van der Waals surface area contributed by atoms with Gasteiger partial charge in [0.05, 0.1) is 0 Å². The summed E-state index contributed by atoms with van der Waals surface area (Å²) in [6.45, 7) is 6.19. The zero-order valence-corrected chi connectivity index (χ0v) is 12.9. The number of fused-ring (bicyclic) bond motifs is 2. The molecular weight excluding hydrogens is 263 g/mol. The molecule has 3 heteroatoms. The number of aryl methyl sites for hydroxylation is 1. The van der Waals surface area contributed by atoms with Gasteiger partial charge in [-0.3, -0.25) is 0 Å². The molecule has 1 aromatic carbocycles. The zero-order valence-electron chi connectivity index (χ0n) is 12.9. The monoisotopic (exact) mass is 286 g/mol. The predicted molar refractivity (Wildman–Crippen MR) is 84.9 cm³/mol. The number of aromatic nitrogens is 1. The van der Waals surface area contributed by atoms with E-state index in [0.29, 0.717) is 11.4 Å². The molecule has 0 bridgehead atoms. The third-order valence-electron chi connectivity index (χ3n) is 4.22. The largest absolute Gasteiger partial charge is 0.312 e. The summed E-state index contributed by atoms with van der Waals surface area (Å²) in [6, 6.07) is 5.31. The van der Waals surface area contributed by atoms with Crippen LogP contribution in [0.2, 0.25) is 0 Å². The Bertz CT molecular complexity index is 649. The fraction of sp³-hybridized carbons (Fsp3) is 0.500. The first-order valence-electron chi connectivity index (χ1n) is 7.96. The van der Waals surface area contributed by atoms with Crippen LogP contribution < -0.4 is 5.32 Å². The molecule has 0 amide bonds. The standard InChI is InChI=1S/C18H23FN2/c1-12(2)10-20-11-15-13-6-3-4-9-17(13)21-18-14(15)7-5-8-16(18)19/h5,7-8,12,20H,3-4,6,9-11H2,1-2H3. The highest BCUT2D eigenvalue weighted by molar-refractivity contribution is 5.84. The molecule has 0 atom stereocenters. The van der Waals surface area contributed by atoms with Gasteiger partial charge in [0.1, 0.15) is 11.3 Å². The van der Waals surface area contributed by atoms with Crippen molar-refractivity contribution >= 4 is 10.9 Å². The Balaban J connectivity index is 2.07. The molecule has 3 rings (SSSR count). The number of rotatable bonds is 4. The molecular formula is C18H23FN2. The van der Waals surface area contributed by atoms with Crippen LogP contribution in [0.5, 0.6) is 0 Å². The second-order valence-corrected chi connectivity index (χ2v) is 6.38. The van der Waals surface area contributed by atoms with Crippen LogP contribution in [0.4, 0.5) is 4.39 Å².